The van der Waals surface area contributed by atoms with E-state index in [-0.39, 0.29) is 0 Å². The Hall–Kier alpha value is -1.69. The largest absolute Gasteiger partial charge is 0.356 e. The molecule has 0 aromatic carbocycles. The number of carbonyl (C=O) groups excluding carboxylic acids is 1. The molecule has 164 valence electrons. The lowest BCUT2D eigenvalue weighted by molar-refractivity contribution is -0.136. The van der Waals surface area contributed by atoms with Crippen molar-refractivity contribution >= 4 is 11.9 Å². The molecule has 2 unspecified atom stereocenters. The van der Waals surface area contributed by atoms with Gasteiger partial charge in [-0.05, 0) is 80.2 Å². The summed E-state index contributed by atoms with van der Waals surface area (Å²) < 4.78 is 0. The van der Waals surface area contributed by atoms with Gasteiger partial charge in [0.2, 0.25) is 11.9 Å². The minimum Gasteiger partial charge on any atom is -0.356 e. The Kier molecular flexibility index (Phi) is 5.46. The standard InChI is InChI=1S/C24H37N5O/c1-23-13-19-12-20(14-23)16-24(15-19,18-23)17-21(30)25-6-3-7-28-8-10-29(11-9-28)22-26-4-2-5-27-22/h2,4-5,19-20H,3,6-18H2,1H3,(H,25,30)/t19-,20+,23?,24?. The predicted octanol–water partition coefficient (Wildman–Crippen LogP) is 3.10. The summed E-state index contributed by atoms with van der Waals surface area (Å²) in [5.74, 6) is 2.92. The molecule has 4 aliphatic carbocycles. The van der Waals surface area contributed by atoms with E-state index < -0.39 is 0 Å². The van der Waals surface area contributed by atoms with Gasteiger partial charge in [-0.2, -0.15) is 0 Å². The van der Waals surface area contributed by atoms with Gasteiger partial charge in [0.05, 0.1) is 0 Å². The average molecular weight is 412 g/mol. The number of hydrogen-bond donors (Lipinski definition) is 1. The monoisotopic (exact) mass is 411 g/mol. The lowest BCUT2D eigenvalue weighted by Gasteiger charge is -2.61. The van der Waals surface area contributed by atoms with Gasteiger partial charge in [-0.1, -0.05) is 6.92 Å². The summed E-state index contributed by atoms with van der Waals surface area (Å²) in [5.41, 5.74) is 0.843. The smallest absolute Gasteiger partial charge is 0.225 e. The Morgan fingerprint density at radius 3 is 2.47 bits per heavy atom. The van der Waals surface area contributed by atoms with Crippen molar-refractivity contribution in [3.05, 3.63) is 18.5 Å². The van der Waals surface area contributed by atoms with Gasteiger partial charge in [-0.3, -0.25) is 9.69 Å². The number of amides is 1. The summed E-state index contributed by atoms with van der Waals surface area (Å²) in [6.45, 7) is 8.37. The van der Waals surface area contributed by atoms with Crippen molar-refractivity contribution in [2.45, 2.75) is 58.3 Å². The van der Waals surface area contributed by atoms with Crippen LogP contribution in [0.5, 0.6) is 0 Å². The third-order valence-electron chi connectivity index (χ3n) is 8.19. The Morgan fingerprint density at radius 1 is 1.10 bits per heavy atom. The SMILES string of the molecule is CC12C[C@H]3C[C@@H](C1)CC(CC(=O)NCCCN1CCN(c4ncccn4)CC1)(C3)C2. The molecule has 0 spiro atoms. The number of rotatable bonds is 7. The van der Waals surface area contributed by atoms with Crippen LogP contribution in [0.15, 0.2) is 18.5 Å². The first-order chi connectivity index (χ1) is 14.5. The van der Waals surface area contributed by atoms with Crippen LogP contribution in [0.3, 0.4) is 0 Å². The summed E-state index contributed by atoms with van der Waals surface area (Å²) in [4.78, 5) is 26.2. The quantitative estimate of drug-likeness (QED) is 0.699. The first-order valence-electron chi connectivity index (χ1n) is 12.0. The van der Waals surface area contributed by atoms with Crippen molar-refractivity contribution < 1.29 is 4.79 Å². The number of hydrogen-bond acceptors (Lipinski definition) is 5. The number of piperazine rings is 1. The summed E-state index contributed by atoms with van der Waals surface area (Å²) in [6.07, 6.45) is 13.6. The van der Waals surface area contributed by atoms with Gasteiger partial charge in [0.1, 0.15) is 0 Å². The first-order valence-corrected chi connectivity index (χ1v) is 12.0. The Morgan fingerprint density at radius 2 is 1.80 bits per heavy atom. The van der Waals surface area contributed by atoms with Crippen LogP contribution in [0.2, 0.25) is 0 Å². The fourth-order valence-electron chi connectivity index (χ4n) is 7.69. The average Bonchev–Trinajstić information content (AvgIpc) is 2.70. The zero-order chi connectivity index (χ0) is 20.6. The molecule has 1 aromatic heterocycles. The van der Waals surface area contributed by atoms with Crippen LogP contribution >= 0.6 is 0 Å². The molecular formula is C24H37N5O. The second-order valence-electron chi connectivity index (χ2n) is 11.0. The van der Waals surface area contributed by atoms with Crippen LogP contribution in [-0.4, -0.2) is 60.0 Å². The van der Waals surface area contributed by atoms with Crippen molar-refractivity contribution in [1.82, 2.24) is 20.2 Å². The highest BCUT2D eigenvalue weighted by Crippen LogP contribution is 2.66. The number of anilines is 1. The predicted molar refractivity (Wildman–Crippen MR) is 118 cm³/mol. The first kappa shape index (κ1) is 20.2. The van der Waals surface area contributed by atoms with E-state index in [1.54, 1.807) is 12.4 Å². The highest BCUT2D eigenvalue weighted by molar-refractivity contribution is 5.76. The number of nitrogens with zero attached hydrogens (tertiary/aromatic N) is 4. The maximum atomic E-state index is 12.7. The topological polar surface area (TPSA) is 61.4 Å². The molecule has 5 fully saturated rings. The van der Waals surface area contributed by atoms with Crippen molar-refractivity contribution in [2.24, 2.45) is 22.7 Å². The van der Waals surface area contributed by atoms with Crippen molar-refractivity contribution in [2.75, 3.05) is 44.2 Å². The van der Waals surface area contributed by atoms with E-state index in [2.05, 4.69) is 32.0 Å². The van der Waals surface area contributed by atoms with Gasteiger partial charge >= 0.3 is 0 Å². The van der Waals surface area contributed by atoms with E-state index in [0.29, 0.717) is 16.7 Å². The van der Waals surface area contributed by atoms with E-state index in [1.165, 1.54) is 38.5 Å². The molecule has 30 heavy (non-hydrogen) atoms. The highest BCUT2D eigenvalue weighted by atomic mass is 16.1. The summed E-state index contributed by atoms with van der Waals surface area (Å²) in [7, 11) is 0. The van der Waals surface area contributed by atoms with E-state index in [9.17, 15) is 4.79 Å². The molecule has 6 heteroatoms. The fourth-order valence-corrected chi connectivity index (χ4v) is 7.69. The van der Waals surface area contributed by atoms with Crippen molar-refractivity contribution in [3.8, 4) is 0 Å². The summed E-state index contributed by atoms with van der Waals surface area (Å²) >= 11 is 0. The van der Waals surface area contributed by atoms with Crippen LogP contribution < -0.4 is 10.2 Å². The third kappa shape index (κ3) is 4.34. The second-order valence-corrected chi connectivity index (χ2v) is 11.0. The maximum absolute atomic E-state index is 12.7. The van der Waals surface area contributed by atoms with Gasteiger partial charge in [-0.15, -0.1) is 0 Å². The molecule has 1 aromatic rings. The molecular weight excluding hydrogens is 374 g/mol. The molecule has 1 saturated heterocycles. The van der Waals surface area contributed by atoms with E-state index in [1.807, 2.05) is 6.07 Å². The molecule has 5 aliphatic rings. The van der Waals surface area contributed by atoms with Crippen LogP contribution in [0, 0.1) is 22.7 Å². The van der Waals surface area contributed by atoms with Gasteiger partial charge < -0.3 is 10.2 Å². The highest BCUT2D eigenvalue weighted by Gasteiger charge is 2.56. The summed E-state index contributed by atoms with van der Waals surface area (Å²) in [6, 6.07) is 1.86. The van der Waals surface area contributed by atoms with Crippen LogP contribution in [0.4, 0.5) is 5.95 Å². The molecule has 1 aliphatic heterocycles. The Labute approximate surface area is 180 Å². The van der Waals surface area contributed by atoms with Gasteiger partial charge in [0.25, 0.3) is 0 Å². The Bertz CT molecular complexity index is 731. The van der Waals surface area contributed by atoms with Crippen molar-refractivity contribution in [3.63, 3.8) is 0 Å². The van der Waals surface area contributed by atoms with Gasteiger partial charge in [0.15, 0.2) is 0 Å². The van der Waals surface area contributed by atoms with Crippen LogP contribution in [0.1, 0.15) is 58.3 Å². The van der Waals surface area contributed by atoms with E-state index >= 15 is 0 Å². The van der Waals surface area contributed by atoms with Gasteiger partial charge in [0, 0.05) is 51.5 Å². The van der Waals surface area contributed by atoms with E-state index in [4.69, 9.17) is 0 Å². The van der Waals surface area contributed by atoms with Gasteiger partial charge in [-0.25, -0.2) is 9.97 Å². The molecule has 4 bridgehead atoms. The molecule has 6 rings (SSSR count). The molecule has 6 nitrogen and oxygen atoms in total. The lowest BCUT2D eigenvalue weighted by atomic mass is 9.44. The lowest BCUT2D eigenvalue weighted by Crippen LogP contribution is -2.52. The molecule has 1 N–H and O–H groups in total. The third-order valence-corrected chi connectivity index (χ3v) is 8.19. The number of aromatic nitrogens is 2. The van der Waals surface area contributed by atoms with Crippen LogP contribution in [-0.2, 0) is 4.79 Å². The molecule has 2 heterocycles. The molecule has 1 amide bonds. The summed E-state index contributed by atoms with van der Waals surface area (Å²) in [5, 5.41) is 3.25. The number of nitrogens with one attached hydrogen (secondary N) is 1. The molecule has 4 atom stereocenters. The normalized spacial score (nSPS) is 35.6. The Balaban J connectivity index is 1.01. The molecule has 0 radical (unpaired) electrons. The number of carbonyl (C=O) groups is 1. The second kappa shape index (κ2) is 8.10. The zero-order valence-corrected chi connectivity index (χ0v) is 18.5. The fraction of sp³-hybridized carbons (Fsp3) is 0.792. The maximum Gasteiger partial charge on any atom is 0.225 e. The van der Waals surface area contributed by atoms with Crippen LogP contribution in [0.25, 0.3) is 0 Å². The van der Waals surface area contributed by atoms with E-state index in [0.717, 1.165) is 69.9 Å². The minimum absolute atomic E-state index is 0.298. The van der Waals surface area contributed by atoms with Crippen molar-refractivity contribution in [1.29, 1.82) is 0 Å². The molecule has 4 saturated carbocycles. The minimum atomic E-state index is 0.298. The zero-order valence-electron chi connectivity index (χ0n) is 18.5.